The fraction of sp³-hybridized carbons (Fsp3) is 0. The topological polar surface area (TPSA) is 24.9 Å². The lowest BCUT2D eigenvalue weighted by molar-refractivity contribution is 1.39. The Kier molecular flexibility index (Phi) is 1.52. The number of halogens is 1. The highest BCUT2D eigenvalue weighted by Crippen LogP contribution is 2.33. The molecular formula is C11H7ClN2. The fourth-order valence-electron chi connectivity index (χ4n) is 1.74. The molecule has 68 valence electrons. The van der Waals surface area contributed by atoms with Gasteiger partial charge in [0.2, 0.25) is 0 Å². The van der Waals surface area contributed by atoms with E-state index in [0.29, 0.717) is 5.02 Å². The number of nitrogens with zero attached hydrogens (tertiary/aromatic N) is 1. The molecule has 0 amide bonds. The van der Waals surface area contributed by atoms with Crippen molar-refractivity contribution in [3.63, 3.8) is 0 Å². The van der Waals surface area contributed by atoms with E-state index in [1.807, 2.05) is 30.5 Å². The van der Waals surface area contributed by atoms with Crippen molar-refractivity contribution >= 4 is 34.3 Å². The quantitative estimate of drug-likeness (QED) is 0.709. The highest BCUT2D eigenvalue weighted by atomic mass is 35.5. The second kappa shape index (κ2) is 2.72. The van der Waals surface area contributed by atoms with Crippen LogP contribution in [0.2, 0.25) is 5.02 Å². The van der Waals surface area contributed by atoms with Gasteiger partial charge >= 0.3 is 0 Å². The van der Waals surface area contributed by atoms with Gasteiger partial charge in [-0.2, -0.15) is 0 Å². The molecule has 0 aliphatic carbocycles. The summed E-state index contributed by atoms with van der Waals surface area (Å²) in [6.07, 6.45) is 5.56. The molecule has 0 unspecified atom stereocenters. The zero-order valence-corrected chi connectivity index (χ0v) is 8.05. The van der Waals surface area contributed by atoms with Crippen LogP contribution in [-0.2, 0) is 0 Å². The summed E-state index contributed by atoms with van der Waals surface area (Å²) < 4.78 is 0. The Morgan fingerprint density at radius 3 is 3.14 bits per heavy atom. The van der Waals surface area contributed by atoms with Crippen LogP contribution in [0.4, 0.5) is 5.69 Å². The van der Waals surface area contributed by atoms with Crippen LogP contribution in [-0.4, -0.2) is 4.98 Å². The number of benzene rings is 1. The van der Waals surface area contributed by atoms with Gasteiger partial charge in [0.05, 0.1) is 10.5 Å². The normalized spacial score (nSPS) is 12.9. The third-order valence-corrected chi connectivity index (χ3v) is 2.68. The third-order valence-electron chi connectivity index (χ3n) is 2.37. The van der Waals surface area contributed by atoms with Gasteiger partial charge in [0.1, 0.15) is 0 Å². The van der Waals surface area contributed by atoms with Crippen molar-refractivity contribution < 1.29 is 0 Å². The molecule has 0 radical (unpaired) electrons. The maximum absolute atomic E-state index is 6.07. The highest BCUT2D eigenvalue weighted by Gasteiger charge is 2.11. The molecular weight excluding hydrogens is 196 g/mol. The molecule has 1 aromatic heterocycles. The van der Waals surface area contributed by atoms with Crippen molar-refractivity contribution in [1.29, 1.82) is 0 Å². The summed E-state index contributed by atoms with van der Waals surface area (Å²) in [6.45, 7) is 0. The molecule has 2 aromatic rings. The molecule has 0 saturated heterocycles. The van der Waals surface area contributed by atoms with Crippen molar-refractivity contribution in [2.45, 2.75) is 0 Å². The zero-order valence-electron chi connectivity index (χ0n) is 7.29. The summed E-state index contributed by atoms with van der Waals surface area (Å²) in [6, 6.07) is 5.99. The summed E-state index contributed by atoms with van der Waals surface area (Å²) in [5.74, 6) is 0. The molecule has 0 bridgehead atoms. The molecule has 1 aromatic carbocycles. The van der Waals surface area contributed by atoms with Gasteiger partial charge in [0.25, 0.3) is 0 Å². The standard InChI is InChI=1S/C11H7ClN2/c12-8-6-14-10-3-1-2-9-11(10)7(8)4-5-13-9/h1-6,13H. The molecule has 0 saturated carbocycles. The van der Waals surface area contributed by atoms with E-state index in [4.69, 9.17) is 11.6 Å². The molecule has 3 heteroatoms. The van der Waals surface area contributed by atoms with Crippen LogP contribution in [0.5, 0.6) is 0 Å². The van der Waals surface area contributed by atoms with E-state index in [1.54, 1.807) is 6.20 Å². The van der Waals surface area contributed by atoms with Crippen LogP contribution in [0.15, 0.2) is 30.6 Å². The minimum atomic E-state index is 0.697. The monoisotopic (exact) mass is 202 g/mol. The van der Waals surface area contributed by atoms with E-state index < -0.39 is 0 Å². The van der Waals surface area contributed by atoms with Gasteiger partial charge in [-0.25, -0.2) is 0 Å². The van der Waals surface area contributed by atoms with Crippen LogP contribution < -0.4 is 5.32 Å². The maximum Gasteiger partial charge on any atom is 0.0730 e. The second-order valence-corrected chi connectivity index (χ2v) is 3.60. The Labute approximate surface area is 86.2 Å². The van der Waals surface area contributed by atoms with Crippen LogP contribution in [0, 0.1) is 0 Å². The first-order chi connectivity index (χ1) is 6.86. The lowest BCUT2D eigenvalue weighted by Gasteiger charge is -2.13. The molecule has 0 fully saturated rings. The molecule has 1 aliphatic heterocycles. The first-order valence-corrected chi connectivity index (χ1v) is 4.74. The van der Waals surface area contributed by atoms with Gasteiger partial charge in [0, 0.05) is 29.0 Å². The number of pyridine rings is 1. The van der Waals surface area contributed by atoms with Gasteiger partial charge in [-0.15, -0.1) is 0 Å². The molecule has 0 spiro atoms. The van der Waals surface area contributed by atoms with Gasteiger partial charge in [0.15, 0.2) is 0 Å². The lowest BCUT2D eigenvalue weighted by atomic mass is 10.1. The number of anilines is 1. The summed E-state index contributed by atoms with van der Waals surface area (Å²) in [5, 5.41) is 4.97. The van der Waals surface area contributed by atoms with Crippen molar-refractivity contribution in [1.82, 2.24) is 4.98 Å². The fourth-order valence-corrected chi connectivity index (χ4v) is 1.95. The minimum Gasteiger partial charge on any atom is -0.361 e. The SMILES string of the molecule is Clc1cnc2cccc3c2c1C=CN3. The Hall–Kier alpha value is -1.54. The molecule has 1 N–H and O–H groups in total. The van der Waals surface area contributed by atoms with E-state index in [1.165, 1.54) is 0 Å². The Morgan fingerprint density at radius 2 is 2.21 bits per heavy atom. The lowest BCUT2D eigenvalue weighted by Crippen LogP contribution is -1.97. The predicted molar refractivity (Wildman–Crippen MR) is 59.4 cm³/mol. The van der Waals surface area contributed by atoms with Gasteiger partial charge < -0.3 is 5.32 Å². The van der Waals surface area contributed by atoms with Crippen molar-refractivity contribution in [2.75, 3.05) is 5.32 Å². The van der Waals surface area contributed by atoms with Gasteiger partial charge in [-0.05, 0) is 18.2 Å². The molecule has 14 heavy (non-hydrogen) atoms. The minimum absolute atomic E-state index is 0.697. The number of aromatic nitrogens is 1. The predicted octanol–water partition coefficient (Wildman–Crippen LogP) is 3.28. The molecule has 2 nitrogen and oxygen atoms in total. The number of hydrogen-bond donors (Lipinski definition) is 1. The van der Waals surface area contributed by atoms with E-state index in [-0.39, 0.29) is 0 Å². The van der Waals surface area contributed by atoms with E-state index in [0.717, 1.165) is 22.2 Å². The number of nitrogens with one attached hydrogen (secondary N) is 1. The van der Waals surface area contributed by atoms with Crippen LogP contribution in [0.1, 0.15) is 5.56 Å². The average molecular weight is 203 g/mol. The largest absolute Gasteiger partial charge is 0.361 e. The molecule has 1 aliphatic rings. The second-order valence-electron chi connectivity index (χ2n) is 3.20. The summed E-state index contributed by atoms with van der Waals surface area (Å²) in [7, 11) is 0. The molecule has 3 rings (SSSR count). The van der Waals surface area contributed by atoms with Crippen LogP contribution in [0.3, 0.4) is 0 Å². The number of hydrogen-bond acceptors (Lipinski definition) is 2. The van der Waals surface area contributed by atoms with Crippen LogP contribution in [0.25, 0.3) is 17.0 Å². The van der Waals surface area contributed by atoms with Gasteiger partial charge in [-0.1, -0.05) is 17.7 Å². The van der Waals surface area contributed by atoms with Crippen molar-refractivity contribution in [3.05, 3.63) is 41.2 Å². The highest BCUT2D eigenvalue weighted by molar-refractivity contribution is 6.33. The first-order valence-electron chi connectivity index (χ1n) is 4.36. The first kappa shape index (κ1) is 7.83. The van der Waals surface area contributed by atoms with Crippen molar-refractivity contribution in [2.24, 2.45) is 0 Å². The Bertz CT molecular complexity index is 546. The van der Waals surface area contributed by atoms with E-state index in [9.17, 15) is 0 Å². The maximum atomic E-state index is 6.07. The van der Waals surface area contributed by atoms with E-state index in [2.05, 4.69) is 10.3 Å². The summed E-state index contributed by atoms with van der Waals surface area (Å²) in [4.78, 5) is 4.28. The smallest absolute Gasteiger partial charge is 0.0730 e. The van der Waals surface area contributed by atoms with Crippen LogP contribution >= 0.6 is 11.6 Å². The Balaban J connectivity index is 2.56. The van der Waals surface area contributed by atoms with Gasteiger partial charge in [-0.3, -0.25) is 4.98 Å². The third kappa shape index (κ3) is 0.946. The molecule has 2 heterocycles. The molecule has 0 atom stereocenters. The van der Waals surface area contributed by atoms with E-state index >= 15 is 0 Å². The van der Waals surface area contributed by atoms with Crippen molar-refractivity contribution in [3.8, 4) is 0 Å². The Morgan fingerprint density at radius 1 is 1.29 bits per heavy atom. The average Bonchev–Trinajstić information content (AvgIpc) is 2.24. The summed E-state index contributed by atoms with van der Waals surface area (Å²) >= 11 is 6.07. The summed E-state index contributed by atoms with van der Waals surface area (Å²) in [5.41, 5.74) is 3.08. The zero-order chi connectivity index (χ0) is 9.54. The number of rotatable bonds is 0.